The smallest absolute Gasteiger partial charge is 0.250 e. The van der Waals surface area contributed by atoms with Gasteiger partial charge in [0.1, 0.15) is 5.69 Å². The van der Waals surface area contributed by atoms with Crippen molar-refractivity contribution in [1.82, 2.24) is 14.8 Å². The van der Waals surface area contributed by atoms with Gasteiger partial charge in [-0.15, -0.1) is 0 Å². The van der Waals surface area contributed by atoms with Crippen LogP contribution in [-0.4, -0.2) is 14.8 Å². The SMILES string of the molecule is Cn1nc(-c2ccccc2)c2cc3cc(C(F)(F)F)ccc3nc21. The molecule has 24 heavy (non-hydrogen) atoms. The van der Waals surface area contributed by atoms with Gasteiger partial charge >= 0.3 is 6.18 Å². The highest BCUT2D eigenvalue weighted by Gasteiger charge is 2.30. The fourth-order valence-corrected chi connectivity index (χ4v) is 2.82. The predicted octanol–water partition coefficient (Wildman–Crippen LogP) is 4.81. The zero-order chi connectivity index (χ0) is 16.9. The van der Waals surface area contributed by atoms with Crippen molar-refractivity contribution in [2.24, 2.45) is 7.05 Å². The summed E-state index contributed by atoms with van der Waals surface area (Å²) in [4.78, 5) is 4.48. The summed E-state index contributed by atoms with van der Waals surface area (Å²) in [5.41, 5.74) is 2.08. The Morgan fingerprint density at radius 1 is 0.958 bits per heavy atom. The molecule has 0 saturated carbocycles. The lowest BCUT2D eigenvalue weighted by Crippen LogP contribution is -2.04. The zero-order valence-corrected chi connectivity index (χ0v) is 12.7. The van der Waals surface area contributed by atoms with Gasteiger partial charge in [0.05, 0.1) is 11.1 Å². The number of aryl methyl sites for hydroxylation is 1. The fourth-order valence-electron chi connectivity index (χ4n) is 2.82. The van der Waals surface area contributed by atoms with Gasteiger partial charge in [0.25, 0.3) is 0 Å². The number of halogens is 3. The Kier molecular flexibility index (Phi) is 3.09. The number of benzene rings is 2. The molecule has 0 radical (unpaired) electrons. The normalized spacial score (nSPS) is 12.2. The van der Waals surface area contributed by atoms with Gasteiger partial charge in [-0.3, -0.25) is 0 Å². The number of fused-ring (bicyclic) bond motifs is 2. The lowest BCUT2D eigenvalue weighted by atomic mass is 10.1. The molecule has 0 fully saturated rings. The Labute approximate surface area is 135 Å². The summed E-state index contributed by atoms with van der Waals surface area (Å²) < 4.78 is 40.5. The first kappa shape index (κ1) is 14.7. The van der Waals surface area contributed by atoms with E-state index in [-0.39, 0.29) is 0 Å². The molecule has 0 aliphatic carbocycles. The van der Waals surface area contributed by atoms with Gasteiger partial charge in [-0.1, -0.05) is 30.3 Å². The second-order valence-corrected chi connectivity index (χ2v) is 5.60. The molecule has 120 valence electrons. The van der Waals surface area contributed by atoms with Crippen molar-refractivity contribution >= 4 is 21.9 Å². The van der Waals surface area contributed by atoms with Crippen LogP contribution in [0.15, 0.2) is 54.6 Å². The molecule has 0 unspecified atom stereocenters. The molecule has 2 aromatic carbocycles. The number of hydrogen-bond acceptors (Lipinski definition) is 2. The molecule has 0 aliphatic rings. The van der Waals surface area contributed by atoms with Crippen LogP contribution in [0.4, 0.5) is 13.2 Å². The maximum absolute atomic E-state index is 12.9. The Morgan fingerprint density at radius 3 is 2.42 bits per heavy atom. The molecule has 0 bridgehead atoms. The van der Waals surface area contributed by atoms with Crippen molar-refractivity contribution in [2.75, 3.05) is 0 Å². The quantitative estimate of drug-likeness (QED) is 0.502. The Morgan fingerprint density at radius 2 is 1.71 bits per heavy atom. The van der Waals surface area contributed by atoms with Crippen LogP contribution in [-0.2, 0) is 13.2 Å². The second-order valence-electron chi connectivity index (χ2n) is 5.60. The van der Waals surface area contributed by atoms with Crippen LogP contribution in [0.2, 0.25) is 0 Å². The van der Waals surface area contributed by atoms with Crippen molar-refractivity contribution in [3.63, 3.8) is 0 Å². The van der Waals surface area contributed by atoms with Gasteiger partial charge in [0, 0.05) is 23.4 Å². The highest BCUT2D eigenvalue weighted by molar-refractivity contribution is 5.98. The van der Waals surface area contributed by atoms with Gasteiger partial charge in [0.2, 0.25) is 0 Å². The molecular weight excluding hydrogens is 315 g/mol. The molecule has 0 atom stereocenters. The monoisotopic (exact) mass is 327 g/mol. The molecule has 2 aromatic heterocycles. The number of alkyl halides is 3. The molecule has 0 N–H and O–H groups in total. The maximum atomic E-state index is 12.9. The van der Waals surface area contributed by atoms with Gasteiger partial charge in [-0.25, -0.2) is 9.67 Å². The van der Waals surface area contributed by atoms with Crippen LogP contribution in [0.1, 0.15) is 5.56 Å². The van der Waals surface area contributed by atoms with Gasteiger partial charge in [-0.2, -0.15) is 18.3 Å². The van der Waals surface area contributed by atoms with Crippen LogP contribution in [0.5, 0.6) is 0 Å². The van der Waals surface area contributed by atoms with E-state index in [0.29, 0.717) is 22.2 Å². The molecule has 0 spiro atoms. The van der Waals surface area contributed by atoms with E-state index in [0.717, 1.165) is 23.1 Å². The minimum absolute atomic E-state index is 0.447. The minimum Gasteiger partial charge on any atom is -0.250 e. The molecule has 0 saturated heterocycles. The topological polar surface area (TPSA) is 30.7 Å². The van der Waals surface area contributed by atoms with Crippen molar-refractivity contribution in [3.8, 4) is 11.3 Å². The molecule has 3 nitrogen and oxygen atoms in total. The van der Waals surface area contributed by atoms with Crippen molar-refractivity contribution in [2.45, 2.75) is 6.18 Å². The lowest BCUT2D eigenvalue weighted by molar-refractivity contribution is -0.137. The number of rotatable bonds is 1. The number of aromatic nitrogens is 3. The molecule has 4 aromatic rings. The maximum Gasteiger partial charge on any atom is 0.416 e. The fraction of sp³-hybridized carbons (Fsp3) is 0.111. The summed E-state index contributed by atoms with van der Waals surface area (Å²) in [6, 6.07) is 14.8. The highest BCUT2D eigenvalue weighted by atomic mass is 19.4. The second kappa shape index (κ2) is 5.06. The van der Waals surface area contributed by atoms with E-state index in [4.69, 9.17) is 0 Å². The number of nitrogens with zero attached hydrogens (tertiary/aromatic N) is 3. The molecule has 2 heterocycles. The first-order valence-corrected chi connectivity index (χ1v) is 7.33. The summed E-state index contributed by atoms with van der Waals surface area (Å²) in [5.74, 6) is 0. The Balaban J connectivity index is 2.01. The summed E-state index contributed by atoms with van der Waals surface area (Å²) in [7, 11) is 1.78. The van der Waals surface area contributed by atoms with Crippen molar-refractivity contribution in [1.29, 1.82) is 0 Å². The van der Waals surface area contributed by atoms with Gasteiger partial charge < -0.3 is 0 Å². The third-order valence-electron chi connectivity index (χ3n) is 3.98. The largest absolute Gasteiger partial charge is 0.416 e. The summed E-state index contributed by atoms with van der Waals surface area (Å²) in [6.07, 6.45) is -4.37. The van der Waals surface area contributed by atoms with E-state index in [1.165, 1.54) is 6.07 Å². The highest BCUT2D eigenvalue weighted by Crippen LogP contribution is 2.33. The standard InChI is InChI=1S/C18H12F3N3/c1-24-17-14(16(23-24)11-5-3-2-4-6-11)10-12-9-13(18(19,20)21)7-8-15(12)22-17/h2-10H,1H3. The van der Waals surface area contributed by atoms with Crippen LogP contribution < -0.4 is 0 Å². The summed E-state index contributed by atoms with van der Waals surface area (Å²) in [6.45, 7) is 0. The third kappa shape index (κ3) is 2.31. The Bertz CT molecular complexity index is 1050. The molecule has 6 heteroatoms. The molecule has 0 aliphatic heterocycles. The van der Waals surface area contributed by atoms with E-state index in [9.17, 15) is 13.2 Å². The van der Waals surface area contributed by atoms with E-state index in [1.54, 1.807) is 17.8 Å². The first-order chi connectivity index (χ1) is 11.4. The van der Waals surface area contributed by atoms with Gasteiger partial charge in [-0.05, 0) is 24.3 Å². The van der Waals surface area contributed by atoms with Gasteiger partial charge in [0.15, 0.2) is 5.65 Å². The average molecular weight is 327 g/mol. The van der Waals surface area contributed by atoms with E-state index in [1.807, 2.05) is 30.3 Å². The Hall–Kier alpha value is -2.89. The van der Waals surface area contributed by atoms with Crippen molar-refractivity contribution < 1.29 is 13.2 Å². The summed E-state index contributed by atoms with van der Waals surface area (Å²) in [5, 5.41) is 5.66. The average Bonchev–Trinajstić information content (AvgIpc) is 2.89. The van der Waals surface area contributed by atoms with Crippen LogP contribution in [0.25, 0.3) is 33.2 Å². The minimum atomic E-state index is -4.37. The molecule has 0 amide bonds. The lowest BCUT2D eigenvalue weighted by Gasteiger charge is -2.07. The first-order valence-electron chi connectivity index (χ1n) is 7.33. The summed E-state index contributed by atoms with van der Waals surface area (Å²) >= 11 is 0. The zero-order valence-electron chi connectivity index (χ0n) is 12.7. The predicted molar refractivity (Wildman–Crippen MR) is 86.5 cm³/mol. The van der Waals surface area contributed by atoms with Crippen molar-refractivity contribution in [3.05, 3.63) is 60.2 Å². The molecular formula is C18H12F3N3. The van der Waals surface area contributed by atoms with Crippen LogP contribution in [0, 0.1) is 0 Å². The third-order valence-corrected chi connectivity index (χ3v) is 3.98. The van der Waals surface area contributed by atoms with Crippen LogP contribution in [0.3, 0.4) is 0 Å². The molecule has 4 rings (SSSR count). The number of pyridine rings is 1. The number of hydrogen-bond donors (Lipinski definition) is 0. The van der Waals surface area contributed by atoms with Crippen LogP contribution >= 0.6 is 0 Å². The van der Waals surface area contributed by atoms with E-state index < -0.39 is 11.7 Å². The van der Waals surface area contributed by atoms with E-state index >= 15 is 0 Å². The van der Waals surface area contributed by atoms with E-state index in [2.05, 4.69) is 10.1 Å².